The molecule has 1 N–H and O–H groups in total. The number of hydrogen-bond donors (Lipinski definition) is 1. The maximum absolute atomic E-state index is 11.4. The molecule has 0 aromatic rings. The second-order valence-corrected chi connectivity index (χ2v) is 5.99. The number of carbonyl (C=O) groups is 1. The molecule has 1 amide bonds. The lowest BCUT2D eigenvalue weighted by atomic mass is 9.94. The van der Waals surface area contributed by atoms with Gasteiger partial charge in [0.2, 0.25) is 0 Å². The summed E-state index contributed by atoms with van der Waals surface area (Å²) in [5.74, 6) is 0.627. The SMILES string of the molecule is CC(C)(C)COC(=O)NC/C=C/C1CC=CCC1. The normalized spacial score (nSPS) is 20.1. The van der Waals surface area contributed by atoms with E-state index in [0.29, 0.717) is 19.1 Å². The van der Waals surface area contributed by atoms with Crippen LogP contribution < -0.4 is 5.32 Å². The predicted octanol–water partition coefficient (Wildman–Crippen LogP) is 3.67. The first-order valence-electron chi connectivity index (χ1n) is 6.70. The minimum Gasteiger partial charge on any atom is -0.449 e. The lowest BCUT2D eigenvalue weighted by molar-refractivity contribution is 0.107. The first-order valence-corrected chi connectivity index (χ1v) is 6.70. The maximum atomic E-state index is 11.4. The van der Waals surface area contributed by atoms with Crippen molar-refractivity contribution in [2.75, 3.05) is 13.2 Å². The van der Waals surface area contributed by atoms with E-state index in [2.05, 4.69) is 23.5 Å². The van der Waals surface area contributed by atoms with Gasteiger partial charge >= 0.3 is 6.09 Å². The molecule has 1 atom stereocenters. The molecule has 18 heavy (non-hydrogen) atoms. The van der Waals surface area contributed by atoms with E-state index in [1.807, 2.05) is 26.8 Å². The average molecular weight is 251 g/mol. The number of rotatable bonds is 4. The highest BCUT2D eigenvalue weighted by Crippen LogP contribution is 2.18. The highest BCUT2D eigenvalue weighted by Gasteiger charge is 2.13. The van der Waals surface area contributed by atoms with E-state index in [1.54, 1.807) is 0 Å². The molecule has 0 fully saturated rings. The predicted molar refractivity (Wildman–Crippen MR) is 74.4 cm³/mol. The number of nitrogens with one attached hydrogen (secondary N) is 1. The van der Waals surface area contributed by atoms with Crippen LogP contribution in [0.4, 0.5) is 4.79 Å². The Morgan fingerprint density at radius 1 is 1.44 bits per heavy atom. The molecule has 3 heteroatoms. The van der Waals surface area contributed by atoms with E-state index >= 15 is 0 Å². The molecule has 0 radical (unpaired) electrons. The van der Waals surface area contributed by atoms with Crippen LogP contribution in [0.3, 0.4) is 0 Å². The molecule has 0 aliphatic heterocycles. The van der Waals surface area contributed by atoms with Gasteiger partial charge in [-0.3, -0.25) is 0 Å². The van der Waals surface area contributed by atoms with Crippen LogP contribution in [-0.4, -0.2) is 19.2 Å². The Labute approximate surface area is 110 Å². The second kappa shape index (κ2) is 7.24. The minimum absolute atomic E-state index is 0.0155. The maximum Gasteiger partial charge on any atom is 0.407 e. The van der Waals surface area contributed by atoms with Crippen LogP contribution in [0, 0.1) is 11.3 Å². The Kier molecular flexibility index (Phi) is 5.96. The van der Waals surface area contributed by atoms with Crippen LogP contribution >= 0.6 is 0 Å². The van der Waals surface area contributed by atoms with E-state index < -0.39 is 0 Å². The third-order valence-corrected chi connectivity index (χ3v) is 2.72. The van der Waals surface area contributed by atoms with E-state index in [0.717, 1.165) is 12.8 Å². The van der Waals surface area contributed by atoms with Crippen LogP contribution in [0.1, 0.15) is 40.0 Å². The molecule has 1 aliphatic carbocycles. The number of carbonyl (C=O) groups excluding carboxylic acids is 1. The summed E-state index contributed by atoms with van der Waals surface area (Å²) in [4.78, 5) is 11.4. The number of amides is 1. The molecular formula is C15H25NO2. The van der Waals surface area contributed by atoms with Crippen molar-refractivity contribution in [1.29, 1.82) is 0 Å². The Bertz CT molecular complexity index is 313. The topological polar surface area (TPSA) is 38.3 Å². The highest BCUT2D eigenvalue weighted by atomic mass is 16.5. The summed E-state index contributed by atoms with van der Waals surface area (Å²) in [6.45, 7) is 7.10. The van der Waals surface area contributed by atoms with Crippen LogP contribution in [-0.2, 0) is 4.74 Å². The van der Waals surface area contributed by atoms with Gasteiger partial charge in [-0.15, -0.1) is 0 Å². The molecule has 0 saturated carbocycles. The smallest absolute Gasteiger partial charge is 0.407 e. The second-order valence-electron chi connectivity index (χ2n) is 5.99. The molecule has 0 spiro atoms. The zero-order valence-corrected chi connectivity index (χ0v) is 11.7. The molecular weight excluding hydrogens is 226 g/mol. The summed E-state index contributed by atoms with van der Waals surface area (Å²) in [5.41, 5.74) is 0.0155. The fourth-order valence-corrected chi connectivity index (χ4v) is 1.73. The first-order chi connectivity index (χ1) is 8.47. The zero-order chi connectivity index (χ0) is 13.4. The summed E-state index contributed by atoms with van der Waals surface area (Å²) in [6.07, 6.45) is 11.8. The number of allylic oxidation sites excluding steroid dienone is 3. The summed E-state index contributed by atoms with van der Waals surface area (Å²) in [7, 11) is 0. The van der Waals surface area contributed by atoms with E-state index in [4.69, 9.17) is 4.74 Å². The first kappa shape index (κ1) is 14.8. The van der Waals surface area contributed by atoms with E-state index in [-0.39, 0.29) is 11.5 Å². The quantitative estimate of drug-likeness (QED) is 0.774. The standard InChI is InChI=1S/C15H25NO2/c1-15(2,3)12-18-14(17)16-11-7-10-13-8-5-4-6-9-13/h4-5,7,10,13H,6,8-9,11-12H2,1-3H3,(H,16,17)/b10-7+. The van der Waals surface area contributed by atoms with Crippen LogP contribution in [0.25, 0.3) is 0 Å². The van der Waals surface area contributed by atoms with Gasteiger partial charge in [0.15, 0.2) is 0 Å². The third kappa shape index (κ3) is 7.15. The average Bonchev–Trinajstić information content (AvgIpc) is 2.33. The third-order valence-electron chi connectivity index (χ3n) is 2.72. The van der Waals surface area contributed by atoms with Crippen molar-refractivity contribution >= 4 is 6.09 Å². The molecule has 1 aliphatic rings. The van der Waals surface area contributed by atoms with Gasteiger partial charge in [0.05, 0.1) is 6.61 Å². The van der Waals surface area contributed by atoms with Crippen LogP contribution in [0.15, 0.2) is 24.3 Å². The van der Waals surface area contributed by atoms with Crippen LogP contribution in [0.5, 0.6) is 0 Å². The van der Waals surface area contributed by atoms with Crippen molar-refractivity contribution in [2.45, 2.75) is 40.0 Å². The molecule has 0 bridgehead atoms. The molecule has 0 aromatic heterocycles. The van der Waals surface area contributed by atoms with Gasteiger partial charge in [-0.2, -0.15) is 0 Å². The Morgan fingerprint density at radius 3 is 2.83 bits per heavy atom. The van der Waals surface area contributed by atoms with Crippen molar-refractivity contribution in [2.24, 2.45) is 11.3 Å². The molecule has 1 rings (SSSR count). The van der Waals surface area contributed by atoms with Crippen molar-refractivity contribution in [1.82, 2.24) is 5.32 Å². The number of ether oxygens (including phenoxy) is 1. The van der Waals surface area contributed by atoms with Crippen molar-refractivity contribution in [3.63, 3.8) is 0 Å². The van der Waals surface area contributed by atoms with E-state index in [9.17, 15) is 4.79 Å². The zero-order valence-electron chi connectivity index (χ0n) is 11.7. The van der Waals surface area contributed by atoms with Gasteiger partial charge < -0.3 is 10.1 Å². The van der Waals surface area contributed by atoms with Gasteiger partial charge in [0.25, 0.3) is 0 Å². The van der Waals surface area contributed by atoms with Gasteiger partial charge in [0.1, 0.15) is 0 Å². The summed E-state index contributed by atoms with van der Waals surface area (Å²) >= 11 is 0. The molecule has 0 aromatic carbocycles. The Balaban J connectivity index is 2.11. The van der Waals surface area contributed by atoms with Gasteiger partial charge in [0, 0.05) is 6.54 Å². The lowest BCUT2D eigenvalue weighted by Gasteiger charge is -2.17. The summed E-state index contributed by atoms with van der Waals surface area (Å²) in [5, 5.41) is 2.73. The largest absolute Gasteiger partial charge is 0.449 e. The molecule has 102 valence electrons. The monoisotopic (exact) mass is 251 g/mol. The van der Waals surface area contributed by atoms with E-state index in [1.165, 1.54) is 6.42 Å². The van der Waals surface area contributed by atoms with Gasteiger partial charge in [-0.1, -0.05) is 45.1 Å². The van der Waals surface area contributed by atoms with Crippen LogP contribution in [0.2, 0.25) is 0 Å². The van der Waals surface area contributed by atoms with Crippen molar-refractivity contribution < 1.29 is 9.53 Å². The van der Waals surface area contributed by atoms with Crippen molar-refractivity contribution in [3.8, 4) is 0 Å². The number of alkyl carbamates (subject to hydrolysis) is 1. The fourth-order valence-electron chi connectivity index (χ4n) is 1.73. The minimum atomic E-state index is -0.335. The fraction of sp³-hybridized carbons (Fsp3) is 0.667. The highest BCUT2D eigenvalue weighted by molar-refractivity contribution is 5.67. The lowest BCUT2D eigenvalue weighted by Crippen LogP contribution is -2.28. The van der Waals surface area contributed by atoms with Crippen molar-refractivity contribution in [3.05, 3.63) is 24.3 Å². The van der Waals surface area contributed by atoms with Gasteiger partial charge in [-0.25, -0.2) is 4.79 Å². The molecule has 0 saturated heterocycles. The molecule has 1 unspecified atom stereocenters. The molecule has 0 heterocycles. The molecule has 3 nitrogen and oxygen atoms in total. The Hall–Kier alpha value is -1.25. The summed E-state index contributed by atoms with van der Waals surface area (Å²) < 4.78 is 5.10. The Morgan fingerprint density at radius 2 is 2.22 bits per heavy atom. The number of hydrogen-bond acceptors (Lipinski definition) is 2. The van der Waals surface area contributed by atoms with Gasteiger partial charge in [-0.05, 0) is 30.6 Å². The summed E-state index contributed by atoms with van der Waals surface area (Å²) in [6, 6.07) is 0.